The van der Waals surface area contributed by atoms with Gasteiger partial charge in [-0.05, 0) is 63.6 Å². The Morgan fingerprint density at radius 2 is 2.03 bits per heavy atom. The van der Waals surface area contributed by atoms with Gasteiger partial charge in [-0.1, -0.05) is 19.4 Å². The molecule has 0 fully saturated rings. The summed E-state index contributed by atoms with van der Waals surface area (Å²) in [6.45, 7) is 11.0. The van der Waals surface area contributed by atoms with Crippen LogP contribution in [0.4, 0.5) is 0 Å². The van der Waals surface area contributed by atoms with Crippen molar-refractivity contribution in [3.05, 3.63) is 58.6 Å². The molecule has 2 aliphatic heterocycles. The summed E-state index contributed by atoms with van der Waals surface area (Å²) in [5.41, 5.74) is 7.69. The molecule has 3 heterocycles. The molecule has 190 valence electrons. The summed E-state index contributed by atoms with van der Waals surface area (Å²) >= 11 is 0. The molecule has 2 aliphatic rings. The number of unbranched alkanes of at least 4 members (excludes halogenated alkanes) is 1. The zero-order valence-corrected chi connectivity index (χ0v) is 21.5. The van der Waals surface area contributed by atoms with E-state index in [1.54, 1.807) is 6.92 Å². The highest BCUT2D eigenvalue weighted by molar-refractivity contribution is 6.02. The van der Waals surface area contributed by atoms with Crippen molar-refractivity contribution in [1.82, 2.24) is 31.3 Å². The second-order valence-electron chi connectivity index (χ2n) is 9.39. The first-order chi connectivity index (χ1) is 16.8. The van der Waals surface area contributed by atoms with E-state index in [0.717, 1.165) is 31.4 Å². The van der Waals surface area contributed by atoms with Crippen LogP contribution in [0.15, 0.2) is 41.2 Å². The van der Waals surface area contributed by atoms with Crippen molar-refractivity contribution >= 4 is 18.0 Å². The van der Waals surface area contributed by atoms with Gasteiger partial charge in [0, 0.05) is 37.1 Å². The molecule has 3 rings (SSSR count). The molecule has 1 aromatic rings. The summed E-state index contributed by atoms with van der Waals surface area (Å²) in [7, 11) is 3.91. The maximum Gasteiger partial charge on any atom is 0.269 e. The smallest absolute Gasteiger partial charge is 0.269 e. The molecule has 0 saturated heterocycles. The van der Waals surface area contributed by atoms with E-state index in [1.165, 1.54) is 5.57 Å². The van der Waals surface area contributed by atoms with Gasteiger partial charge >= 0.3 is 0 Å². The zero-order chi connectivity index (χ0) is 25.5. The normalized spacial score (nSPS) is 21.1. The zero-order valence-electron chi connectivity index (χ0n) is 21.5. The van der Waals surface area contributed by atoms with Crippen LogP contribution in [0.2, 0.25) is 0 Å². The van der Waals surface area contributed by atoms with Crippen molar-refractivity contribution < 1.29 is 9.59 Å². The number of hydrazone groups is 1. The molecule has 35 heavy (non-hydrogen) atoms. The van der Waals surface area contributed by atoms with Crippen molar-refractivity contribution in [3.8, 4) is 0 Å². The molecule has 9 nitrogen and oxygen atoms in total. The summed E-state index contributed by atoms with van der Waals surface area (Å²) in [5, 5.41) is 13.5. The Balaban J connectivity index is 1.73. The molecule has 0 spiro atoms. The number of aryl methyl sites for hydroxylation is 1. The fraction of sp³-hybridized carbons (Fsp3) is 0.500. The molecule has 9 heteroatoms. The SMILES string of the molecule is C=CC1NN=CC1C1=CNC(NC(=O)c2[nH]c(C)c(C(=O)NCCN(C)C)c2C)C=C1CCCC. The second-order valence-corrected chi connectivity index (χ2v) is 9.39. The predicted octanol–water partition coefficient (Wildman–Crippen LogP) is 2.34. The standard InChI is InChI=1S/C26H39N7O2/c1-7-9-10-18-13-22(28-14-19(18)20-15-29-32-21(20)8-2)31-26(35)24-16(3)23(17(4)30-24)25(34)27-11-12-33(5)6/h8,13-15,20-22,28,30,32H,2,7,9-12H2,1,3-6H3,(H,27,34)(H,31,35). The number of aromatic amines is 1. The molecule has 0 radical (unpaired) electrons. The minimum Gasteiger partial charge on any atom is -0.368 e. The summed E-state index contributed by atoms with van der Waals surface area (Å²) in [6, 6.07) is 0.0473. The largest absolute Gasteiger partial charge is 0.368 e. The fourth-order valence-corrected chi connectivity index (χ4v) is 4.47. The van der Waals surface area contributed by atoms with Gasteiger partial charge in [0.15, 0.2) is 0 Å². The van der Waals surface area contributed by atoms with Crippen molar-refractivity contribution in [3.63, 3.8) is 0 Å². The number of allylic oxidation sites excluding steroid dienone is 1. The van der Waals surface area contributed by atoms with Gasteiger partial charge in [0.2, 0.25) is 0 Å². The molecule has 0 bridgehead atoms. The van der Waals surface area contributed by atoms with Crippen molar-refractivity contribution in [1.29, 1.82) is 0 Å². The first-order valence-corrected chi connectivity index (χ1v) is 12.3. The van der Waals surface area contributed by atoms with Crippen LogP contribution < -0.4 is 21.4 Å². The third kappa shape index (κ3) is 6.22. The van der Waals surface area contributed by atoms with E-state index in [-0.39, 0.29) is 29.9 Å². The number of aromatic nitrogens is 1. The van der Waals surface area contributed by atoms with Gasteiger partial charge in [-0.3, -0.25) is 9.59 Å². The van der Waals surface area contributed by atoms with Gasteiger partial charge < -0.3 is 31.3 Å². The Labute approximate surface area is 208 Å². The summed E-state index contributed by atoms with van der Waals surface area (Å²) in [5.74, 6) is -0.334. The molecule has 5 N–H and O–H groups in total. The van der Waals surface area contributed by atoms with Crippen LogP contribution in [0.1, 0.15) is 58.3 Å². The molecule has 1 aromatic heterocycles. The van der Waals surface area contributed by atoms with Gasteiger partial charge in [0.1, 0.15) is 11.9 Å². The van der Waals surface area contributed by atoms with Crippen LogP contribution in [0.25, 0.3) is 0 Å². The summed E-state index contributed by atoms with van der Waals surface area (Å²) in [4.78, 5) is 31.0. The van der Waals surface area contributed by atoms with Gasteiger partial charge in [-0.2, -0.15) is 5.10 Å². The van der Waals surface area contributed by atoms with Crippen molar-refractivity contribution in [2.45, 2.75) is 52.2 Å². The third-order valence-electron chi connectivity index (χ3n) is 6.44. The number of hydrogen-bond donors (Lipinski definition) is 5. The molecule has 0 saturated carbocycles. The number of carbonyl (C=O) groups excluding carboxylic acids is 2. The number of nitrogens with zero attached hydrogens (tertiary/aromatic N) is 2. The van der Waals surface area contributed by atoms with Gasteiger partial charge in [0.25, 0.3) is 11.8 Å². The number of H-pyrrole nitrogens is 1. The predicted molar refractivity (Wildman–Crippen MR) is 140 cm³/mol. The lowest BCUT2D eigenvalue weighted by Gasteiger charge is -2.28. The van der Waals surface area contributed by atoms with Crippen LogP contribution in [-0.4, -0.2) is 67.3 Å². The Kier molecular flexibility index (Phi) is 8.92. The van der Waals surface area contributed by atoms with E-state index < -0.39 is 0 Å². The van der Waals surface area contributed by atoms with Crippen LogP contribution >= 0.6 is 0 Å². The molecule has 2 amide bonds. The number of rotatable bonds is 11. The highest BCUT2D eigenvalue weighted by Gasteiger charge is 2.30. The number of dihydropyridines is 1. The van der Waals surface area contributed by atoms with E-state index >= 15 is 0 Å². The van der Waals surface area contributed by atoms with Crippen molar-refractivity contribution in [2.75, 3.05) is 27.2 Å². The fourth-order valence-electron chi connectivity index (χ4n) is 4.47. The maximum absolute atomic E-state index is 13.2. The minimum atomic E-state index is -0.355. The number of likely N-dealkylation sites (N-methyl/N-ethyl adjacent to an activating group) is 1. The van der Waals surface area contributed by atoms with E-state index in [0.29, 0.717) is 29.1 Å². The molecule has 0 aromatic carbocycles. The molecular weight excluding hydrogens is 442 g/mol. The van der Waals surface area contributed by atoms with Gasteiger partial charge in [-0.25, -0.2) is 0 Å². The number of hydrogen-bond acceptors (Lipinski definition) is 6. The first-order valence-electron chi connectivity index (χ1n) is 12.3. The lowest BCUT2D eigenvalue weighted by atomic mass is 9.85. The van der Waals surface area contributed by atoms with E-state index in [9.17, 15) is 9.59 Å². The lowest BCUT2D eigenvalue weighted by Crippen LogP contribution is -2.44. The molecular formula is C26H39N7O2. The number of carbonyl (C=O) groups is 2. The Morgan fingerprint density at radius 3 is 2.71 bits per heavy atom. The monoisotopic (exact) mass is 481 g/mol. The van der Waals surface area contributed by atoms with Crippen LogP contribution in [0, 0.1) is 19.8 Å². The average Bonchev–Trinajstić information content (AvgIpc) is 3.41. The Bertz CT molecular complexity index is 1030. The van der Waals surface area contributed by atoms with Crippen LogP contribution in [0.5, 0.6) is 0 Å². The van der Waals surface area contributed by atoms with E-state index in [1.807, 2.05) is 44.4 Å². The van der Waals surface area contributed by atoms with Crippen molar-refractivity contribution in [2.24, 2.45) is 11.0 Å². The number of amides is 2. The Morgan fingerprint density at radius 1 is 1.26 bits per heavy atom. The summed E-state index contributed by atoms with van der Waals surface area (Å²) in [6.07, 6.45) is 10.5. The molecule has 3 atom stereocenters. The average molecular weight is 482 g/mol. The maximum atomic E-state index is 13.2. The number of nitrogens with one attached hydrogen (secondary N) is 5. The van der Waals surface area contributed by atoms with E-state index in [4.69, 9.17) is 0 Å². The highest BCUT2D eigenvalue weighted by atomic mass is 16.2. The van der Waals surface area contributed by atoms with Crippen LogP contribution in [0.3, 0.4) is 0 Å². The second kappa shape index (κ2) is 11.9. The minimum absolute atomic E-state index is 0.0473. The van der Waals surface area contributed by atoms with Gasteiger partial charge in [-0.15, -0.1) is 6.58 Å². The quantitative estimate of drug-likeness (QED) is 0.311. The van der Waals surface area contributed by atoms with Gasteiger partial charge in [0.05, 0.1) is 11.6 Å². The Hall–Kier alpha value is -3.33. The lowest BCUT2D eigenvalue weighted by molar-refractivity contribution is 0.0934. The third-order valence-corrected chi connectivity index (χ3v) is 6.44. The topological polar surface area (TPSA) is 114 Å². The first kappa shape index (κ1) is 26.3. The van der Waals surface area contributed by atoms with E-state index in [2.05, 4.69) is 51.0 Å². The molecule has 0 aliphatic carbocycles. The summed E-state index contributed by atoms with van der Waals surface area (Å²) < 4.78 is 0. The molecule has 3 unspecified atom stereocenters. The van der Waals surface area contributed by atoms with Crippen LogP contribution in [-0.2, 0) is 0 Å². The highest BCUT2D eigenvalue weighted by Crippen LogP contribution is 2.30.